The van der Waals surface area contributed by atoms with E-state index in [1.54, 1.807) is 0 Å². The summed E-state index contributed by atoms with van der Waals surface area (Å²) in [5.74, 6) is 1.03. The van der Waals surface area contributed by atoms with Crippen LogP contribution >= 0.6 is 11.8 Å². The zero-order chi connectivity index (χ0) is 40.8. The molecular formula is C50H42N4O5S. The number of oxazole rings is 1. The highest BCUT2D eigenvalue weighted by Gasteiger charge is 2.39. The summed E-state index contributed by atoms with van der Waals surface area (Å²) in [5.41, 5.74) is 10.2. The molecule has 3 heterocycles. The van der Waals surface area contributed by atoms with Crippen LogP contribution in [0.5, 0.6) is 0 Å². The van der Waals surface area contributed by atoms with Crippen molar-refractivity contribution in [2.75, 3.05) is 5.75 Å². The molecule has 9 nitrogen and oxygen atoms in total. The molecule has 0 spiro atoms. The lowest BCUT2D eigenvalue weighted by Crippen LogP contribution is -2.38. The molecule has 1 fully saturated rings. The van der Waals surface area contributed by atoms with Crippen LogP contribution in [-0.2, 0) is 22.6 Å². The molecule has 6 aromatic carbocycles. The molecule has 0 radical (unpaired) electrons. The van der Waals surface area contributed by atoms with E-state index in [1.165, 1.54) is 18.0 Å². The quantitative estimate of drug-likeness (QED) is 0.116. The van der Waals surface area contributed by atoms with E-state index in [0.29, 0.717) is 23.0 Å². The van der Waals surface area contributed by atoms with Gasteiger partial charge in [0.1, 0.15) is 11.4 Å². The van der Waals surface area contributed by atoms with Crippen LogP contribution in [0.3, 0.4) is 0 Å². The number of amides is 1. The zero-order valence-corrected chi connectivity index (χ0v) is 33.7. The summed E-state index contributed by atoms with van der Waals surface area (Å²) in [4.78, 5) is 26.8. The summed E-state index contributed by atoms with van der Waals surface area (Å²) in [6, 6.07) is 51.9. The lowest BCUT2D eigenvalue weighted by molar-refractivity contribution is -0.268. The first kappa shape index (κ1) is 39.1. The number of ether oxygens (including phenoxy) is 2. The molecule has 4 atom stereocenters. The highest BCUT2D eigenvalue weighted by molar-refractivity contribution is 7.99. The van der Waals surface area contributed by atoms with Gasteiger partial charge in [-0.05, 0) is 46.0 Å². The number of carbonyl (C=O) groups is 1. The topological polar surface area (TPSA) is 120 Å². The van der Waals surface area contributed by atoms with Crippen molar-refractivity contribution in [2.24, 2.45) is 5.92 Å². The van der Waals surface area contributed by atoms with Crippen LogP contribution in [0.4, 0.5) is 0 Å². The van der Waals surface area contributed by atoms with Crippen molar-refractivity contribution in [3.05, 3.63) is 192 Å². The number of thioether (sulfide) groups is 1. The van der Waals surface area contributed by atoms with Gasteiger partial charge in [-0.1, -0.05) is 158 Å². The number of hydrogen-bond donors (Lipinski definition) is 2. The summed E-state index contributed by atoms with van der Waals surface area (Å²) in [7, 11) is 0. The summed E-state index contributed by atoms with van der Waals surface area (Å²) in [6.07, 6.45) is 0.396. The molecule has 2 aromatic heterocycles. The fourth-order valence-corrected chi connectivity index (χ4v) is 8.42. The van der Waals surface area contributed by atoms with E-state index in [4.69, 9.17) is 18.9 Å². The predicted octanol–water partition coefficient (Wildman–Crippen LogP) is 10.6. The number of nitrogens with one attached hydrogen (secondary N) is 1. The molecule has 1 saturated heterocycles. The molecule has 1 aliphatic rings. The van der Waals surface area contributed by atoms with Crippen molar-refractivity contribution in [1.29, 1.82) is 0 Å². The monoisotopic (exact) mass is 810 g/mol. The predicted molar refractivity (Wildman–Crippen MR) is 234 cm³/mol. The summed E-state index contributed by atoms with van der Waals surface area (Å²) in [6.45, 7) is 2.47. The summed E-state index contributed by atoms with van der Waals surface area (Å²) in [5, 5.41) is 13.3. The number of nitrogens with zero attached hydrogens (tertiary/aromatic N) is 3. The lowest BCUT2D eigenvalue weighted by atomic mass is 9.91. The minimum absolute atomic E-state index is 0.0124. The Morgan fingerprint density at radius 2 is 1.37 bits per heavy atom. The van der Waals surface area contributed by atoms with Gasteiger partial charge in [-0.2, -0.15) is 0 Å². The third-order valence-corrected chi connectivity index (χ3v) is 11.7. The third-order valence-electron chi connectivity index (χ3n) is 10.8. The maximum Gasteiger partial charge on any atom is 0.271 e. The smallest absolute Gasteiger partial charge is 0.271 e. The molecule has 1 amide bonds. The first-order valence-electron chi connectivity index (χ1n) is 19.9. The molecular weight excluding hydrogens is 769 g/mol. The largest absolute Gasteiger partial charge is 0.431 e. The first-order valence-corrected chi connectivity index (χ1v) is 20.9. The number of aliphatic hydroxyl groups is 1. The average Bonchev–Trinajstić information content (AvgIpc) is 3.75. The van der Waals surface area contributed by atoms with Gasteiger partial charge < -0.3 is 24.3 Å². The normalized spacial score (nSPS) is 17.7. The number of benzene rings is 6. The standard InChI is InChI=1S/C50H42N4O5S/c1-32-44(31-60-50-54-45(36-12-4-2-5-13-36)47(59-50)37-14-6-3-7-15-37)57-49(58-46(32)38-21-19-33(30-55)20-22-38)39-25-23-35(24-26-39)40-16-10-11-34(27-40)28-52-48(56)43-29-51-41-17-8-9-18-42(41)53-43/h2-27,29,32,44,46,49,55H,28,30-31H2,1H3,(H,52,56). The van der Waals surface area contributed by atoms with Crippen molar-refractivity contribution >= 4 is 28.7 Å². The van der Waals surface area contributed by atoms with Gasteiger partial charge in [-0.3, -0.25) is 9.78 Å². The van der Waals surface area contributed by atoms with Gasteiger partial charge in [-0.15, -0.1) is 0 Å². The molecule has 1 aliphatic heterocycles. The molecule has 9 rings (SSSR count). The van der Waals surface area contributed by atoms with Crippen LogP contribution in [0.15, 0.2) is 174 Å². The van der Waals surface area contributed by atoms with Gasteiger partial charge in [0.25, 0.3) is 11.1 Å². The van der Waals surface area contributed by atoms with E-state index in [0.717, 1.165) is 61.5 Å². The molecule has 298 valence electrons. The Kier molecular flexibility index (Phi) is 11.6. The Bertz CT molecular complexity index is 2650. The number of carbonyl (C=O) groups excluding carboxylic acids is 1. The van der Waals surface area contributed by atoms with E-state index >= 15 is 0 Å². The van der Waals surface area contributed by atoms with Gasteiger partial charge in [0.15, 0.2) is 12.1 Å². The number of fused-ring (bicyclic) bond motifs is 1. The van der Waals surface area contributed by atoms with Crippen molar-refractivity contribution in [3.63, 3.8) is 0 Å². The van der Waals surface area contributed by atoms with E-state index in [1.807, 2.05) is 133 Å². The van der Waals surface area contributed by atoms with Crippen LogP contribution in [0.2, 0.25) is 0 Å². The lowest BCUT2D eigenvalue weighted by Gasteiger charge is -2.41. The van der Waals surface area contributed by atoms with Gasteiger partial charge >= 0.3 is 0 Å². The Morgan fingerprint density at radius 3 is 2.12 bits per heavy atom. The average molecular weight is 811 g/mol. The molecule has 0 saturated carbocycles. The number of aromatic nitrogens is 3. The Morgan fingerprint density at radius 1 is 0.683 bits per heavy atom. The van der Waals surface area contributed by atoms with Crippen LogP contribution in [0.1, 0.15) is 52.1 Å². The second kappa shape index (κ2) is 17.8. The van der Waals surface area contributed by atoms with E-state index in [2.05, 4.69) is 46.5 Å². The van der Waals surface area contributed by atoms with Gasteiger partial charge in [-0.25, -0.2) is 9.97 Å². The number of para-hydroxylation sites is 2. The van der Waals surface area contributed by atoms with Gasteiger partial charge in [0.05, 0.1) is 36.0 Å². The van der Waals surface area contributed by atoms with E-state index < -0.39 is 6.29 Å². The molecule has 0 aliphatic carbocycles. The van der Waals surface area contributed by atoms with Crippen LogP contribution in [-0.4, -0.2) is 37.8 Å². The van der Waals surface area contributed by atoms with Crippen LogP contribution < -0.4 is 5.32 Å². The summed E-state index contributed by atoms with van der Waals surface area (Å²) < 4.78 is 20.0. The molecule has 8 aromatic rings. The molecule has 0 bridgehead atoms. The van der Waals surface area contributed by atoms with E-state index in [9.17, 15) is 9.90 Å². The zero-order valence-electron chi connectivity index (χ0n) is 32.8. The second-order valence-corrected chi connectivity index (χ2v) is 15.7. The number of hydrogen-bond acceptors (Lipinski definition) is 9. The fourth-order valence-electron chi connectivity index (χ4n) is 7.44. The SMILES string of the molecule is CC1C(CSc2nc(-c3ccccc3)c(-c3ccccc3)o2)OC(c2ccc(-c3cccc(CNC(=O)c4cnc5ccccc5n4)c3)cc2)OC1c1ccc(CO)cc1. The minimum Gasteiger partial charge on any atom is -0.431 e. The minimum atomic E-state index is -0.632. The first-order chi connectivity index (χ1) is 29.5. The third kappa shape index (κ3) is 8.64. The molecule has 60 heavy (non-hydrogen) atoms. The molecule has 2 N–H and O–H groups in total. The van der Waals surface area contributed by atoms with E-state index in [-0.39, 0.29) is 36.3 Å². The Labute approximate surface area is 352 Å². The molecule has 4 unspecified atom stereocenters. The van der Waals surface area contributed by atoms with Crippen LogP contribution in [0, 0.1) is 5.92 Å². The highest BCUT2D eigenvalue weighted by Crippen LogP contribution is 2.44. The molecule has 10 heteroatoms. The van der Waals surface area contributed by atoms with Gasteiger partial charge in [0, 0.05) is 34.9 Å². The maximum atomic E-state index is 13.0. The van der Waals surface area contributed by atoms with Crippen molar-refractivity contribution in [3.8, 4) is 33.7 Å². The maximum absolute atomic E-state index is 13.0. The Balaban J connectivity index is 0.925. The van der Waals surface area contributed by atoms with Crippen molar-refractivity contribution < 1.29 is 23.8 Å². The summed E-state index contributed by atoms with van der Waals surface area (Å²) >= 11 is 1.54. The highest BCUT2D eigenvalue weighted by atomic mass is 32.2. The second-order valence-electron chi connectivity index (χ2n) is 14.8. The fraction of sp³-hybridized carbons (Fsp3) is 0.160. The van der Waals surface area contributed by atoms with Crippen LogP contribution in [0.25, 0.3) is 44.7 Å². The Hall–Kier alpha value is -6.43. The van der Waals surface area contributed by atoms with Gasteiger partial charge in [0.2, 0.25) is 0 Å². The van der Waals surface area contributed by atoms with Crippen molar-refractivity contribution in [1.82, 2.24) is 20.3 Å². The number of rotatable bonds is 12. The van der Waals surface area contributed by atoms with Crippen molar-refractivity contribution in [2.45, 2.75) is 43.8 Å². The number of aliphatic hydroxyl groups excluding tert-OH is 1.